The van der Waals surface area contributed by atoms with E-state index < -0.39 is 0 Å². The molecule has 0 aliphatic carbocycles. The van der Waals surface area contributed by atoms with Gasteiger partial charge in [0.05, 0.1) is 6.61 Å². The number of hydrogen-bond acceptors (Lipinski definition) is 2. The van der Waals surface area contributed by atoms with Crippen molar-refractivity contribution in [1.82, 2.24) is 10.6 Å². The molecule has 114 valence electrons. The predicted molar refractivity (Wildman–Crippen MR) is 96.1 cm³/mol. The zero-order valence-electron chi connectivity index (χ0n) is 12.8. The monoisotopic (exact) mass is 391 g/mol. The summed E-state index contributed by atoms with van der Waals surface area (Å²) in [5.74, 6) is 0.816. The summed E-state index contributed by atoms with van der Waals surface area (Å²) in [5, 5.41) is 6.58. The van der Waals surface area contributed by atoms with Crippen LogP contribution < -0.4 is 10.6 Å². The van der Waals surface area contributed by atoms with Crippen LogP contribution in [0.2, 0.25) is 0 Å². The molecule has 0 aliphatic heterocycles. The zero-order chi connectivity index (χ0) is 14.1. The summed E-state index contributed by atoms with van der Waals surface area (Å²) in [7, 11) is 3.48. The number of ether oxygens (including phenoxy) is 1. The average molecular weight is 391 g/mol. The second kappa shape index (κ2) is 10.9. The Morgan fingerprint density at radius 3 is 2.50 bits per heavy atom. The fourth-order valence-corrected chi connectivity index (χ4v) is 1.80. The molecule has 0 amide bonds. The summed E-state index contributed by atoms with van der Waals surface area (Å²) in [6, 6.07) is 8.86. The van der Waals surface area contributed by atoms with Gasteiger partial charge in [-0.15, -0.1) is 24.0 Å². The molecule has 0 spiro atoms. The van der Waals surface area contributed by atoms with Gasteiger partial charge >= 0.3 is 0 Å². The molecular formula is C15H26IN3O. The Morgan fingerprint density at radius 1 is 1.30 bits per heavy atom. The number of guanidine groups is 1. The lowest BCUT2D eigenvalue weighted by Crippen LogP contribution is -2.44. The van der Waals surface area contributed by atoms with Crippen molar-refractivity contribution in [3.8, 4) is 0 Å². The highest BCUT2D eigenvalue weighted by Crippen LogP contribution is 2.02. The molecule has 1 aromatic rings. The Balaban J connectivity index is 0.00000361. The van der Waals surface area contributed by atoms with Crippen molar-refractivity contribution in [1.29, 1.82) is 0 Å². The van der Waals surface area contributed by atoms with Crippen LogP contribution in [0.5, 0.6) is 0 Å². The van der Waals surface area contributed by atoms with Gasteiger partial charge in [0.2, 0.25) is 0 Å². The van der Waals surface area contributed by atoms with Crippen LogP contribution in [0.25, 0.3) is 0 Å². The summed E-state index contributed by atoms with van der Waals surface area (Å²) >= 11 is 0. The van der Waals surface area contributed by atoms with Crippen molar-refractivity contribution < 1.29 is 4.74 Å². The highest BCUT2D eigenvalue weighted by Gasteiger charge is 2.03. The van der Waals surface area contributed by atoms with Crippen LogP contribution in [-0.4, -0.2) is 39.3 Å². The maximum Gasteiger partial charge on any atom is 0.191 e. The van der Waals surface area contributed by atoms with E-state index in [1.807, 2.05) is 0 Å². The van der Waals surface area contributed by atoms with Gasteiger partial charge in [0, 0.05) is 26.7 Å². The third-order valence-corrected chi connectivity index (χ3v) is 2.85. The molecule has 2 N–H and O–H groups in total. The summed E-state index contributed by atoms with van der Waals surface area (Å²) < 4.78 is 5.09. The van der Waals surface area contributed by atoms with Gasteiger partial charge in [0.15, 0.2) is 5.96 Å². The lowest BCUT2D eigenvalue weighted by Gasteiger charge is -2.17. The smallest absolute Gasteiger partial charge is 0.191 e. The minimum absolute atomic E-state index is 0. The third kappa shape index (κ3) is 7.69. The van der Waals surface area contributed by atoms with Crippen LogP contribution >= 0.6 is 24.0 Å². The fourth-order valence-electron chi connectivity index (χ4n) is 1.80. The first-order valence-electron chi connectivity index (χ1n) is 6.67. The van der Waals surface area contributed by atoms with Gasteiger partial charge in [-0.1, -0.05) is 29.8 Å². The molecule has 0 aromatic heterocycles. The van der Waals surface area contributed by atoms with Crippen molar-refractivity contribution in [2.45, 2.75) is 26.3 Å². The van der Waals surface area contributed by atoms with E-state index in [2.05, 4.69) is 53.7 Å². The molecule has 0 heterocycles. The molecule has 0 fully saturated rings. The number of methoxy groups -OCH3 is 1. The number of benzene rings is 1. The normalized spacial score (nSPS) is 12.5. The predicted octanol–water partition coefficient (Wildman–Crippen LogP) is 2.36. The van der Waals surface area contributed by atoms with Gasteiger partial charge in [-0.3, -0.25) is 4.99 Å². The van der Waals surface area contributed by atoms with Gasteiger partial charge in [0.1, 0.15) is 0 Å². The molecule has 5 heteroatoms. The first kappa shape index (κ1) is 19.2. The molecule has 4 nitrogen and oxygen atoms in total. The number of halogens is 1. The molecule has 1 unspecified atom stereocenters. The number of nitrogens with zero attached hydrogens (tertiary/aromatic N) is 1. The topological polar surface area (TPSA) is 45.7 Å². The zero-order valence-corrected chi connectivity index (χ0v) is 15.1. The van der Waals surface area contributed by atoms with Gasteiger partial charge in [-0.25, -0.2) is 0 Å². The second-order valence-electron chi connectivity index (χ2n) is 4.74. The lowest BCUT2D eigenvalue weighted by atomic mass is 10.1. The van der Waals surface area contributed by atoms with Crippen molar-refractivity contribution in [3.05, 3.63) is 35.4 Å². The molecule has 1 aromatic carbocycles. The van der Waals surface area contributed by atoms with Crippen LogP contribution in [0.3, 0.4) is 0 Å². The summed E-state index contributed by atoms with van der Waals surface area (Å²) in [5.41, 5.74) is 2.63. The van der Waals surface area contributed by atoms with Crippen LogP contribution in [-0.2, 0) is 11.2 Å². The van der Waals surface area contributed by atoms with Crippen LogP contribution in [0, 0.1) is 6.92 Å². The minimum atomic E-state index is 0. The van der Waals surface area contributed by atoms with Crippen LogP contribution in [0.15, 0.2) is 29.3 Å². The molecule has 0 radical (unpaired) electrons. The van der Waals surface area contributed by atoms with Gasteiger partial charge in [-0.2, -0.15) is 0 Å². The van der Waals surface area contributed by atoms with E-state index in [0.29, 0.717) is 6.61 Å². The van der Waals surface area contributed by atoms with Crippen molar-refractivity contribution in [3.63, 3.8) is 0 Å². The van der Waals surface area contributed by atoms with Gasteiger partial charge in [-0.05, 0) is 25.8 Å². The van der Waals surface area contributed by atoms with Crippen LogP contribution in [0.4, 0.5) is 0 Å². The number of nitrogens with one attached hydrogen (secondary N) is 2. The summed E-state index contributed by atoms with van der Waals surface area (Å²) in [6.07, 6.45) is 0.986. The molecule has 1 atom stereocenters. The number of rotatable bonds is 6. The number of aryl methyl sites for hydroxylation is 1. The number of hydrogen-bond donors (Lipinski definition) is 2. The minimum Gasteiger partial charge on any atom is -0.383 e. The summed E-state index contributed by atoms with van der Waals surface area (Å²) in [4.78, 5) is 4.19. The molecule has 0 aliphatic rings. The number of aliphatic imine (C=N–C) groups is 1. The highest BCUT2D eigenvalue weighted by molar-refractivity contribution is 14.0. The third-order valence-electron chi connectivity index (χ3n) is 2.85. The van der Waals surface area contributed by atoms with E-state index in [1.165, 1.54) is 11.1 Å². The fraction of sp³-hybridized carbons (Fsp3) is 0.533. The van der Waals surface area contributed by atoms with Crippen LogP contribution in [0.1, 0.15) is 18.1 Å². The van der Waals surface area contributed by atoms with E-state index in [4.69, 9.17) is 4.74 Å². The standard InChI is InChI=1S/C15H25N3O.HI/c1-12-5-7-14(8-6-12)9-10-17-15(16-3)18-13(2)11-19-4;/h5-8,13H,9-11H2,1-4H3,(H2,16,17,18);1H. The second-order valence-corrected chi connectivity index (χ2v) is 4.74. The first-order chi connectivity index (χ1) is 9.15. The van der Waals surface area contributed by atoms with E-state index in [1.54, 1.807) is 14.2 Å². The molecule has 0 saturated carbocycles. The Labute approximate surface area is 139 Å². The Bertz CT molecular complexity index is 393. The van der Waals surface area contributed by atoms with Gasteiger partial charge in [0.25, 0.3) is 0 Å². The summed E-state index contributed by atoms with van der Waals surface area (Å²) in [6.45, 7) is 5.70. The van der Waals surface area contributed by atoms with E-state index in [0.717, 1.165) is 18.9 Å². The van der Waals surface area contributed by atoms with E-state index >= 15 is 0 Å². The highest BCUT2D eigenvalue weighted by atomic mass is 127. The largest absolute Gasteiger partial charge is 0.383 e. The van der Waals surface area contributed by atoms with Gasteiger partial charge < -0.3 is 15.4 Å². The molecular weight excluding hydrogens is 365 g/mol. The molecule has 0 saturated heterocycles. The molecule has 1 rings (SSSR count). The Hall–Kier alpha value is -0.820. The van der Waals surface area contributed by atoms with Crippen molar-refractivity contribution in [2.24, 2.45) is 4.99 Å². The lowest BCUT2D eigenvalue weighted by molar-refractivity contribution is 0.179. The van der Waals surface area contributed by atoms with E-state index in [-0.39, 0.29) is 30.0 Å². The Kier molecular flexibility index (Phi) is 10.5. The SMILES string of the molecule is CN=C(NCCc1ccc(C)cc1)NC(C)COC.I. The maximum absolute atomic E-state index is 5.09. The van der Waals surface area contributed by atoms with Crippen molar-refractivity contribution in [2.75, 3.05) is 27.3 Å². The molecule has 0 bridgehead atoms. The van der Waals surface area contributed by atoms with Crippen molar-refractivity contribution >= 4 is 29.9 Å². The Morgan fingerprint density at radius 2 is 1.95 bits per heavy atom. The van der Waals surface area contributed by atoms with E-state index in [9.17, 15) is 0 Å². The first-order valence-corrected chi connectivity index (χ1v) is 6.67. The molecule has 20 heavy (non-hydrogen) atoms. The average Bonchev–Trinajstić information content (AvgIpc) is 2.40. The quantitative estimate of drug-likeness (QED) is 0.445. The maximum atomic E-state index is 5.09.